The Morgan fingerprint density at radius 1 is 0.750 bits per heavy atom. The zero-order valence-corrected chi connectivity index (χ0v) is 13.4. The molecular formula is C10H26N2O2Si2. The van der Waals surface area contributed by atoms with Crippen LogP contribution in [-0.2, 0) is 9.59 Å². The summed E-state index contributed by atoms with van der Waals surface area (Å²) in [4.78, 5) is 20.5. The highest BCUT2D eigenvalue weighted by Gasteiger charge is 2.15. The fourth-order valence-corrected chi connectivity index (χ4v) is 3.14. The predicted molar refractivity (Wildman–Crippen MR) is 74.7 cm³/mol. The normalized spacial score (nSPS) is 11.4. The molecule has 0 aliphatic rings. The van der Waals surface area contributed by atoms with Crippen molar-refractivity contribution in [1.82, 2.24) is 0 Å². The number of carbonyl (C=O) groups is 2. The Balaban J connectivity index is 0. The number of primary amides is 2. The number of hydrogen-bond donors (Lipinski definition) is 2. The SMILES string of the molecule is C[Si](C)(C)CC(N)=O.C[Si](C)(C)CC(N)=O. The lowest BCUT2D eigenvalue weighted by molar-refractivity contribution is -0.116. The first-order chi connectivity index (χ1) is 6.83. The van der Waals surface area contributed by atoms with E-state index in [-0.39, 0.29) is 11.8 Å². The molecule has 0 aromatic carbocycles. The zero-order valence-electron chi connectivity index (χ0n) is 11.4. The van der Waals surface area contributed by atoms with E-state index in [9.17, 15) is 9.59 Å². The Kier molecular flexibility index (Phi) is 7.60. The Bertz CT molecular complexity index is 216. The van der Waals surface area contributed by atoms with Crippen LogP contribution < -0.4 is 11.5 Å². The highest BCUT2D eigenvalue weighted by molar-refractivity contribution is 6.79. The monoisotopic (exact) mass is 262 g/mol. The molecule has 0 aromatic heterocycles. The minimum atomic E-state index is -1.19. The van der Waals surface area contributed by atoms with E-state index in [0.29, 0.717) is 12.1 Å². The van der Waals surface area contributed by atoms with Gasteiger partial charge in [0.05, 0.1) is 16.1 Å². The number of hydrogen-bond acceptors (Lipinski definition) is 2. The smallest absolute Gasteiger partial charge is 0.214 e. The van der Waals surface area contributed by atoms with E-state index in [4.69, 9.17) is 11.5 Å². The molecule has 96 valence electrons. The summed E-state index contributed by atoms with van der Waals surface area (Å²) >= 11 is 0. The summed E-state index contributed by atoms with van der Waals surface area (Å²) in [6.07, 6.45) is 0. The molecule has 0 aromatic rings. The summed E-state index contributed by atoms with van der Waals surface area (Å²) in [7, 11) is -2.39. The number of amides is 2. The van der Waals surface area contributed by atoms with Crippen molar-refractivity contribution in [3.05, 3.63) is 0 Å². The summed E-state index contributed by atoms with van der Waals surface area (Å²) in [5.41, 5.74) is 9.95. The van der Waals surface area contributed by atoms with Crippen LogP contribution in [0.25, 0.3) is 0 Å². The van der Waals surface area contributed by atoms with Crippen LogP contribution in [0.2, 0.25) is 51.4 Å². The van der Waals surface area contributed by atoms with Crippen LogP contribution in [-0.4, -0.2) is 28.0 Å². The van der Waals surface area contributed by atoms with Gasteiger partial charge in [0.2, 0.25) is 11.8 Å². The van der Waals surface area contributed by atoms with Gasteiger partial charge in [-0.2, -0.15) is 0 Å². The molecular weight excluding hydrogens is 236 g/mol. The Labute approximate surface area is 101 Å². The van der Waals surface area contributed by atoms with Gasteiger partial charge in [0.25, 0.3) is 0 Å². The quantitative estimate of drug-likeness (QED) is 0.754. The van der Waals surface area contributed by atoms with E-state index < -0.39 is 16.1 Å². The van der Waals surface area contributed by atoms with Gasteiger partial charge in [0.15, 0.2) is 0 Å². The van der Waals surface area contributed by atoms with Crippen molar-refractivity contribution in [2.24, 2.45) is 11.5 Å². The summed E-state index contributed by atoms with van der Waals surface area (Å²) in [5, 5.41) is 0. The lowest BCUT2D eigenvalue weighted by atomic mass is 10.8. The Hall–Kier alpha value is -0.626. The first-order valence-electron chi connectivity index (χ1n) is 5.40. The topological polar surface area (TPSA) is 86.2 Å². The van der Waals surface area contributed by atoms with Gasteiger partial charge in [-0.25, -0.2) is 0 Å². The predicted octanol–water partition coefficient (Wildman–Crippen LogP) is 1.62. The third-order valence-electron chi connectivity index (χ3n) is 1.41. The maximum absolute atomic E-state index is 10.3. The van der Waals surface area contributed by atoms with Gasteiger partial charge in [-0.05, 0) is 0 Å². The summed E-state index contributed by atoms with van der Waals surface area (Å²) in [6, 6.07) is 1.21. The zero-order chi connectivity index (χ0) is 13.6. The summed E-state index contributed by atoms with van der Waals surface area (Å²) < 4.78 is 0. The molecule has 0 aliphatic carbocycles. The minimum Gasteiger partial charge on any atom is -0.370 e. The fraction of sp³-hybridized carbons (Fsp3) is 0.800. The minimum absolute atomic E-state index is 0.163. The van der Waals surface area contributed by atoms with Crippen LogP contribution in [0.1, 0.15) is 0 Å². The van der Waals surface area contributed by atoms with Crippen LogP contribution in [0.4, 0.5) is 0 Å². The van der Waals surface area contributed by atoms with Gasteiger partial charge in [-0.15, -0.1) is 0 Å². The lowest BCUT2D eigenvalue weighted by Gasteiger charge is -2.11. The molecule has 0 atom stereocenters. The molecule has 6 heteroatoms. The van der Waals surface area contributed by atoms with Crippen molar-refractivity contribution >= 4 is 28.0 Å². The third kappa shape index (κ3) is 23.3. The van der Waals surface area contributed by atoms with E-state index in [2.05, 4.69) is 39.3 Å². The molecule has 0 rings (SSSR count). The second-order valence-corrected chi connectivity index (χ2v) is 17.4. The van der Waals surface area contributed by atoms with Crippen LogP contribution >= 0.6 is 0 Å². The molecule has 0 saturated carbocycles. The number of nitrogens with two attached hydrogens (primary N) is 2. The van der Waals surface area contributed by atoms with Crippen LogP contribution in [0.15, 0.2) is 0 Å². The van der Waals surface area contributed by atoms with Gasteiger partial charge in [-0.1, -0.05) is 39.3 Å². The Morgan fingerprint density at radius 3 is 0.938 bits per heavy atom. The van der Waals surface area contributed by atoms with Crippen LogP contribution in [0.5, 0.6) is 0 Å². The Morgan fingerprint density at radius 2 is 0.938 bits per heavy atom. The second kappa shape index (κ2) is 6.85. The first-order valence-corrected chi connectivity index (χ1v) is 12.8. The van der Waals surface area contributed by atoms with Gasteiger partial charge in [-0.3, -0.25) is 9.59 Å². The van der Waals surface area contributed by atoms with Crippen molar-refractivity contribution in [2.45, 2.75) is 51.4 Å². The largest absolute Gasteiger partial charge is 0.370 e. The van der Waals surface area contributed by atoms with Crippen molar-refractivity contribution in [3.63, 3.8) is 0 Å². The molecule has 0 aliphatic heterocycles. The van der Waals surface area contributed by atoms with E-state index in [1.54, 1.807) is 0 Å². The van der Waals surface area contributed by atoms with Gasteiger partial charge >= 0.3 is 0 Å². The molecule has 0 heterocycles. The van der Waals surface area contributed by atoms with Gasteiger partial charge < -0.3 is 11.5 Å². The molecule has 0 fully saturated rings. The molecule has 0 unspecified atom stereocenters. The molecule has 0 saturated heterocycles. The highest BCUT2D eigenvalue weighted by atomic mass is 28.3. The molecule has 0 spiro atoms. The van der Waals surface area contributed by atoms with E-state index in [1.165, 1.54) is 0 Å². The maximum Gasteiger partial charge on any atom is 0.214 e. The van der Waals surface area contributed by atoms with Crippen LogP contribution in [0.3, 0.4) is 0 Å². The van der Waals surface area contributed by atoms with Crippen molar-refractivity contribution in [2.75, 3.05) is 0 Å². The average Bonchev–Trinajstić information content (AvgIpc) is 1.72. The fourth-order valence-electron chi connectivity index (χ4n) is 1.05. The van der Waals surface area contributed by atoms with E-state index in [0.717, 1.165) is 0 Å². The summed E-state index contributed by atoms with van der Waals surface area (Å²) in [5.74, 6) is -0.326. The molecule has 4 nitrogen and oxygen atoms in total. The van der Waals surface area contributed by atoms with E-state index in [1.807, 2.05) is 0 Å². The number of carbonyl (C=O) groups excluding carboxylic acids is 2. The van der Waals surface area contributed by atoms with Crippen molar-refractivity contribution in [1.29, 1.82) is 0 Å². The second-order valence-electron chi connectivity index (χ2n) is 6.41. The average molecular weight is 263 g/mol. The molecule has 0 bridgehead atoms. The van der Waals surface area contributed by atoms with Gasteiger partial charge in [0.1, 0.15) is 0 Å². The van der Waals surface area contributed by atoms with Crippen molar-refractivity contribution in [3.8, 4) is 0 Å². The molecule has 4 N–H and O–H groups in total. The lowest BCUT2D eigenvalue weighted by Crippen LogP contribution is -2.27. The van der Waals surface area contributed by atoms with Gasteiger partial charge in [0, 0.05) is 12.1 Å². The molecule has 2 amide bonds. The highest BCUT2D eigenvalue weighted by Crippen LogP contribution is 2.06. The maximum atomic E-state index is 10.3. The molecule has 16 heavy (non-hydrogen) atoms. The molecule has 0 radical (unpaired) electrons. The third-order valence-corrected chi connectivity index (χ3v) is 4.23. The summed E-state index contributed by atoms with van der Waals surface area (Å²) in [6.45, 7) is 12.7. The van der Waals surface area contributed by atoms with Crippen molar-refractivity contribution < 1.29 is 9.59 Å². The first kappa shape index (κ1) is 17.8. The standard InChI is InChI=1S/2C5H13NOSi/c2*1-8(2,3)4-5(6)7/h2*4H2,1-3H3,(H2,6,7). The van der Waals surface area contributed by atoms with E-state index >= 15 is 0 Å². The van der Waals surface area contributed by atoms with Crippen LogP contribution in [0, 0.1) is 0 Å². The number of rotatable bonds is 4.